The van der Waals surface area contributed by atoms with E-state index in [0.717, 1.165) is 16.9 Å². The first-order valence-electron chi connectivity index (χ1n) is 7.68. The molecule has 0 saturated carbocycles. The predicted octanol–water partition coefficient (Wildman–Crippen LogP) is 2.98. The highest BCUT2D eigenvalue weighted by Gasteiger charge is 2.13. The fourth-order valence-corrected chi connectivity index (χ4v) is 2.51. The Hall–Kier alpha value is -2.60. The van der Waals surface area contributed by atoms with Crippen LogP contribution in [0.15, 0.2) is 36.4 Å². The predicted molar refractivity (Wildman–Crippen MR) is 92.5 cm³/mol. The highest BCUT2D eigenvalue weighted by atomic mass is 35.5. The Morgan fingerprint density at radius 2 is 2.08 bits per heavy atom. The largest absolute Gasteiger partial charge is 0.478 e. The van der Waals surface area contributed by atoms with Crippen molar-refractivity contribution in [3.8, 4) is 5.88 Å². The summed E-state index contributed by atoms with van der Waals surface area (Å²) in [5.74, 6) is 0.862. The molecule has 3 rings (SSSR count). The van der Waals surface area contributed by atoms with Gasteiger partial charge in [0, 0.05) is 19.0 Å². The van der Waals surface area contributed by atoms with E-state index >= 15 is 0 Å². The van der Waals surface area contributed by atoms with Crippen LogP contribution in [0.2, 0.25) is 5.02 Å². The third kappa shape index (κ3) is 3.65. The molecular weight excluding hydrogens is 328 g/mol. The Bertz CT molecular complexity index is 830. The molecule has 2 aromatic heterocycles. The van der Waals surface area contributed by atoms with E-state index in [1.807, 2.05) is 31.2 Å². The van der Waals surface area contributed by atoms with Crippen molar-refractivity contribution in [1.82, 2.24) is 20.3 Å². The van der Waals surface area contributed by atoms with Crippen LogP contribution in [0.1, 0.15) is 23.2 Å². The van der Waals surface area contributed by atoms with Crippen LogP contribution in [0.5, 0.6) is 5.88 Å². The molecule has 0 bridgehead atoms. The van der Waals surface area contributed by atoms with Gasteiger partial charge in [-0.25, -0.2) is 9.97 Å². The molecule has 0 atom stereocenters. The summed E-state index contributed by atoms with van der Waals surface area (Å²) in [6, 6.07) is 11.0. The first-order valence-corrected chi connectivity index (χ1v) is 8.06. The molecule has 0 aliphatic carbocycles. The van der Waals surface area contributed by atoms with Crippen molar-refractivity contribution < 1.29 is 9.53 Å². The Kier molecular flexibility index (Phi) is 4.96. The number of pyridine rings is 1. The van der Waals surface area contributed by atoms with Gasteiger partial charge in [0.1, 0.15) is 5.82 Å². The third-order valence-electron chi connectivity index (χ3n) is 3.41. The fraction of sp³-hybridized carbons (Fsp3) is 0.235. The number of amides is 1. The van der Waals surface area contributed by atoms with E-state index in [-0.39, 0.29) is 11.6 Å². The third-order valence-corrected chi connectivity index (χ3v) is 3.72. The van der Waals surface area contributed by atoms with Crippen LogP contribution in [0.3, 0.4) is 0 Å². The summed E-state index contributed by atoms with van der Waals surface area (Å²) < 4.78 is 5.29. The van der Waals surface area contributed by atoms with Gasteiger partial charge in [0.05, 0.1) is 22.7 Å². The molecule has 24 heavy (non-hydrogen) atoms. The fourth-order valence-electron chi connectivity index (χ4n) is 2.31. The van der Waals surface area contributed by atoms with Crippen LogP contribution in [0.25, 0.3) is 11.0 Å². The van der Waals surface area contributed by atoms with E-state index in [0.29, 0.717) is 30.5 Å². The van der Waals surface area contributed by atoms with Gasteiger partial charge in [-0.05, 0) is 25.1 Å². The molecule has 0 aliphatic rings. The van der Waals surface area contributed by atoms with Crippen LogP contribution < -0.4 is 10.1 Å². The average Bonchev–Trinajstić information content (AvgIpc) is 2.99. The molecule has 0 unspecified atom stereocenters. The van der Waals surface area contributed by atoms with E-state index in [1.54, 1.807) is 12.1 Å². The standard InChI is InChI=1S/C17H17ClN4O2/c1-2-24-15-8-7-11(18)16(22-15)17(23)19-10-9-14-20-12-5-3-4-6-13(12)21-14/h3-8H,2,9-10H2,1H3,(H,19,23)(H,20,21). The van der Waals surface area contributed by atoms with Gasteiger partial charge in [-0.2, -0.15) is 0 Å². The van der Waals surface area contributed by atoms with Gasteiger partial charge in [-0.1, -0.05) is 23.7 Å². The van der Waals surface area contributed by atoms with E-state index in [9.17, 15) is 4.79 Å². The normalized spacial score (nSPS) is 10.8. The van der Waals surface area contributed by atoms with E-state index in [4.69, 9.17) is 16.3 Å². The lowest BCUT2D eigenvalue weighted by atomic mass is 10.3. The maximum Gasteiger partial charge on any atom is 0.271 e. The molecule has 0 fully saturated rings. The summed E-state index contributed by atoms with van der Waals surface area (Å²) in [5, 5.41) is 3.09. The molecule has 7 heteroatoms. The molecule has 124 valence electrons. The molecule has 6 nitrogen and oxygen atoms in total. The molecule has 0 radical (unpaired) electrons. The van der Waals surface area contributed by atoms with Crippen molar-refractivity contribution in [1.29, 1.82) is 0 Å². The van der Waals surface area contributed by atoms with Crippen LogP contribution in [-0.2, 0) is 6.42 Å². The molecule has 1 aromatic carbocycles. The Labute approximate surface area is 144 Å². The molecule has 0 saturated heterocycles. The second-order valence-electron chi connectivity index (χ2n) is 5.12. The van der Waals surface area contributed by atoms with E-state index in [1.165, 1.54) is 0 Å². The number of nitrogens with one attached hydrogen (secondary N) is 2. The van der Waals surface area contributed by atoms with Gasteiger partial charge in [0.25, 0.3) is 5.91 Å². The van der Waals surface area contributed by atoms with Crippen LogP contribution in [-0.4, -0.2) is 34.0 Å². The van der Waals surface area contributed by atoms with Crippen molar-refractivity contribution in [3.63, 3.8) is 0 Å². The Morgan fingerprint density at radius 3 is 2.88 bits per heavy atom. The van der Waals surface area contributed by atoms with Crippen molar-refractivity contribution in [2.45, 2.75) is 13.3 Å². The highest BCUT2D eigenvalue weighted by Crippen LogP contribution is 2.18. The Morgan fingerprint density at radius 1 is 1.25 bits per heavy atom. The minimum Gasteiger partial charge on any atom is -0.478 e. The lowest BCUT2D eigenvalue weighted by molar-refractivity contribution is 0.0948. The lowest BCUT2D eigenvalue weighted by Gasteiger charge is -2.07. The minimum atomic E-state index is -0.335. The van der Waals surface area contributed by atoms with E-state index in [2.05, 4.69) is 20.3 Å². The first kappa shape index (κ1) is 16.3. The number of rotatable bonds is 6. The van der Waals surface area contributed by atoms with Gasteiger partial charge in [0.2, 0.25) is 5.88 Å². The average molecular weight is 345 g/mol. The number of halogens is 1. The second-order valence-corrected chi connectivity index (χ2v) is 5.53. The summed E-state index contributed by atoms with van der Waals surface area (Å²) >= 11 is 6.04. The van der Waals surface area contributed by atoms with Gasteiger partial charge in [0.15, 0.2) is 5.69 Å². The summed E-state index contributed by atoms with van der Waals surface area (Å²) in [4.78, 5) is 24.1. The number of fused-ring (bicyclic) bond motifs is 1. The number of ether oxygens (including phenoxy) is 1. The van der Waals surface area contributed by atoms with Crippen LogP contribution in [0.4, 0.5) is 0 Å². The molecule has 2 N–H and O–H groups in total. The van der Waals surface area contributed by atoms with Crippen LogP contribution in [0, 0.1) is 0 Å². The topological polar surface area (TPSA) is 79.9 Å². The number of carbonyl (C=O) groups is 1. The second kappa shape index (κ2) is 7.31. The number of carbonyl (C=O) groups excluding carboxylic acids is 1. The zero-order valence-electron chi connectivity index (χ0n) is 13.2. The molecule has 3 aromatic rings. The van der Waals surface area contributed by atoms with Crippen LogP contribution >= 0.6 is 11.6 Å². The van der Waals surface area contributed by atoms with Crippen molar-refractivity contribution in [2.75, 3.05) is 13.2 Å². The highest BCUT2D eigenvalue weighted by molar-refractivity contribution is 6.33. The molecule has 0 spiro atoms. The van der Waals surface area contributed by atoms with Crippen molar-refractivity contribution >= 4 is 28.5 Å². The molecule has 2 heterocycles. The number of nitrogens with zero attached hydrogens (tertiary/aromatic N) is 2. The summed E-state index contributed by atoms with van der Waals surface area (Å²) in [6.45, 7) is 2.75. The number of benzene rings is 1. The summed E-state index contributed by atoms with van der Waals surface area (Å²) in [5.41, 5.74) is 2.05. The molecular formula is C17H17ClN4O2. The SMILES string of the molecule is CCOc1ccc(Cl)c(C(=O)NCCc2nc3ccccc3[nH]2)n1. The minimum absolute atomic E-state index is 0.159. The quantitative estimate of drug-likeness (QED) is 0.720. The van der Waals surface area contributed by atoms with Gasteiger partial charge < -0.3 is 15.0 Å². The zero-order valence-corrected chi connectivity index (χ0v) is 13.9. The number of hydrogen-bond donors (Lipinski definition) is 2. The van der Waals surface area contributed by atoms with E-state index < -0.39 is 0 Å². The summed E-state index contributed by atoms with van der Waals surface area (Å²) in [7, 11) is 0. The van der Waals surface area contributed by atoms with Gasteiger partial charge >= 0.3 is 0 Å². The smallest absolute Gasteiger partial charge is 0.271 e. The van der Waals surface area contributed by atoms with Crippen molar-refractivity contribution in [2.24, 2.45) is 0 Å². The number of imidazole rings is 1. The number of H-pyrrole nitrogens is 1. The number of aromatic amines is 1. The first-order chi connectivity index (χ1) is 11.7. The van der Waals surface area contributed by atoms with Gasteiger partial charge in [-0.3, -0.25) is 4.79 Å². The van der Waals surface area contributed by atoms with Gasteiger partial charge in [-0.15, -0.1) is 0 Å². The maximum absolute atomic E-state index is 12.2. The Balaban J connectivity index is 1.62. The molecule has 0 aliphatic heterocycles. The summed E-state index contributed by atoms with van der Waals surface area (Å²) in [6.07, 6.45) is 0.586. The number of para-hydroxylation sites is 2. The number of hydrogen-bond acceptors (Lipinski definition) is 4. The number of aromatic nitrogens is 3. The molecule has 1 amide bonds. The monoisotopic (exact) mass is 344 g/mol. The maximum atomic E-state index is 12.2. The zero-order chi connectivity index (χ0) is 16.9. The van der Waals surface area contributed by atoms with Crippen molar-refractivity contribution in [3.05, 3.63) is 52.9 Å². The lowest BCUT2D eigenvalue weighted by Crippen LogP contribution is -2.27.